The molecule has 0 amide bonds. The molecule has 1 aliphatic heterocycles. The second-order valence-electron chi connectivity index (χ2n) is 6.94. The molecule has 3 aromatic carbocycles. The largest absolute Gasteiger partial charge is 0.488 e. The van der Waals surface area contributed by atoms with Crippen LogP contribution in [0.1, 0.15) is 11.1 Å². The first kappa shape index (κ1) is 20.8. The van der Waals surface area contributed by atoms with E-state index in [1.807, 2.05) is 36.5 Å². The molecular formula is C24H22FIN2O2. The molecule has 0 radical (unpaired) electrons. The van der Waals surface area contributed by atoms with Gasteiger partial charge in [-0.3, -0.25) is 4.99 Å². The Morgan fingerprint density at radius 1 is 1.03 bits per heavy atom. The maximum absolute atomic E-state index is 13.7. The molecule has 1 fully saturated rings. The molecule has 0 spiro atoms. The van der Waals surface area contributed by atoms with Gasteiger partial charge >= 0.3 is 0 Å². The molecule has 3 aromatic rings. The summed E-state index contributed by atoms with van der Waals surface area (Å²) in [6.45, 7) is 3.60. The highest BCUT2D eigenvalue weighted by atomic mass is 127. The lowest BCUT2D eigenvalue weighted by Gasteiger charge is -2.28. The normalized spacial score (nSPS) is 14.3. The zero-order chi connectivity index (χ0) is 20.8. The van der Waals surface area contributed by atoms with Gasteiger partial charge in [0.1, 0.15) is 18.2 Å². The summed E-state index contributed by atoms with van der Waals surface area (Å²) < 4.78 is 25.9. The van der Waals surface area contributed by atoms with Gasteiger partial charge < -0.3 is 14.4 Å². The van der Waals surface area contributed by atoms with E-state index in [9.17, 15) is 4.39 Å². The predicted octanol–water partition coefficient (Wildman–Crippen LogP) is 5.60. The number of benzene rings is 3. The summed E-state index contributed by atoms with van der Waals surface area (Å²) in [5.74, 6) is 0.474. The Hall–Kier alpha value is -2.45. The fraction of sp³-hybridized carbons (Fsp3) is 0.208. The minimum Gasteiger partial charge on any atom is -0.488 e. The van der Waals surface area contributed by atoms with Crippen LogP contribution in [-0.4, -0.2) is 32.5 Å². The van der Waals surface area contributed by atoms with E-state index in [0.29, 0.717) is 5.56 Å². The van der Waals surface area contributed by atoms with E-state index in [0.717, 1.165) is 46.9 Å². The molecule has 0 unspecified atom stereocenters. The summed E-state index contributed by atoms with van der Waals surface area (Å²) >= 11 is 2.22. The molecule has 0 bridgehead atoms. The van der Waals surface area contributed by atoms with Gasteiger partial charge in [-0.05, 0) is 76.7 Å². The Morgan fingerprint density at radius 3 is 2.53 bits per heavy atom. The van der Waals surface area contributed by atoms with E-state index in [4.69, 9.17) is 9.47 Å². The molecule has 1 saturated heterocycles. The monoisotopic (exact) mass is 516 g/mol. The van der Waals surface area contributed by atoms with Crippen LogP contribution in [0.15, 0.2) is 71.7 Å². The highest BCUT2D eigenvalue weighted by Crippen LogP contribution is 2.24. The van der Waals surface area contributed by atoms with Crippen LogP contribution in [0, 0.1) is 9.39 Å². The van der Waals surface area contributed by atoms with Crippen molar-refractivity contribution < 1.29 is 13.9 Å². The zero-order valence-corrected chi connectivity index (χ0v) is 18.6. The Kier molecular flexibility index (Phi) is 6.96. The van der Waals surface area contributed by atoms with E-state index >= 15 is 0 Å². The third-order valence-corrected chi connectivity index (χ3v) is 5.73. The number of nitrogens with zero attached hydrogens (tertiary/aromatic N) is 2. The molecule has 0 saturated carbocycles. The first-order valence-electron chi connectivity index (χ1n) is 9.81. The second kappa shape index (κ2) is 10.0. The number of morpholine rings is 1. The van der Waals surface area contributed by atoms with Crippen LogP contribution in [0.2, 0.25) is 0 Å². The highest BCUT2D eigenvalue weighted by molar-refractivity contribution is 14.1. The fourth-order valence-corrected chi connectivity index (χ4v) is 3.90. The molecule has 0 N–H and O–H groups in total. The molecule has 0 atom stereocenters. The van der Waals surface area contributed by atoms with Crippen LogP contribution in [0.3, 0.4) is 0 Å². The molecular weight excluding hydrogens is 494 g/mol. The number of aliphatic imine (C=N–C) groups is 1. The van der Waals surface area contributed by atoms with Crippen molar-refractivity contribution in [2.45, 2.75) is 6.61 Å². The lowest BCUT2D eigenvalue weighted by molar-refractivity contribution is 0.122. The summed E-state index contributed by atoms with van der Waals surface area (Å²) in [7, 11) is 0. The number of hydrogen-bond acceptors (Lipinski definition) is 4. The summed E-state index contributed by atoms with van der Waals surface area (Å²) in [6.07, 6.45) is 1.84. The Labute approximate surface area is 189 Å². The maximum atomic E-state index is 13.7. The first-order valence-corrected chi connectivity index (χ1v) is 10.9. The summed E-state index contributed by atoms with van der Waals surface area (Å²) in [6, 6.07) is 20.7. The van der Waals surface area contributed by atoms with Gasteiger partial charge in [-0.25, -0.2) is 4.39 Å². The number of anilines is 1. The average molecular weight is 516 g/mol. The average Bonchev–Trinajstić information content (AvgIpc) is 2.79. The van der Waals surface area contributed by atoms with E-state index in [1.165, 1.54) is 11.8 Å². The molecule has 4 nitrogen and oxygen atoms in total. The number of halogens is 2. The number of hydrogen-bond donors (Lipinski definition) is 0. The van der Waals surface area contributed by atoms with Crippen molar-refractivity contribution in [2.24, 2.45) is 4.99 Å². The van der Waals surface area contributed by atoms with Crippen molar-refractivity contribution in [1.82, 2.24) is 0 Å². The molecule has 0 aromatic heterocycles. The van der Waals surface area contributed by atoms with Crippen LogP contribution in [0.25, 0.3) is 0 Å². The fourth-order valence-electron chi connectivity index (χ4n) is 3.21. The summed E-state index contributed by atoms with van der Waals surface area (Å²) in [5, 5.41) is 0. The second-order valence-corrected chi connectivity index (χ2v) is 8.11. The van der Waals surface area contributed by atoms with Crippen molar-refractivity contribution in [1.29, 1.82) is 0 Å². The molecule has 30 heavy (non-hydrogen) atoms. The van der Waals surface area contributed by atoms with Crippen molar-refractivity contribution in [2.75, 3.05) is 31.2 Å². The summed E-state index contributed by atoms with van der Waals surface area (Å²) in [5.41, 5.74) is 3.62. The van der Waals surface area contributed by atoms with E-state index in [1.54, 1.807) is 18.2 Å². The van der Waals surface area contributed by atoms with Crippen LogP contribution in [-0.2, 0) is 11.3 Å². The molecule has 0 aliphatic carbocycles. The first-order chi connectivity index (χ1) is 14.7. The third kappa shape index (κ3) is 5.37. The summed E-state index contributed by atoms with van der Waals surface area (Å²) in [4.78, 5) is 6.90. The lowest BCUT2D eigenvalue weighted by Crippen LogP contribution is -2.36. The van der Waals surface area contributed by atoms with Gasteiger partial charge in [0.05, 0.1) is 22.5 Å². The Balaban J connectivity index is 1.38. The highest BCUT2D eigenvalue weighted by Gasteiger charge is 2.10. The van der Waals surface area contributed by atoms with E-state index < -0.39 is 0 Å². The van der Waals surface area contributed by atoms with Crippen molar-refractivity contribution in [3.8, 4) is 5.75 Å². The number of ether oxygens (including phenoxy) is 2. The van der Waals surface area contributed by atoms with Crippen LogP contribution in [0.4, 0.5) is 15.8 Å². The quantitative estimate of drug-likeness (QED) is 0.316. The van der Waals surface area contributed by atoms with Gasteiger partial charge in [0.2, 0.25) is 0 Å². The van der Waals surface area contributed by atoms with Gasteiger partial charge in [-0.2, -0.15) is 0 Å². The molecule has 6 heteroatoms. The smallest absolute Gasteiger partial charge is 0.133 e. The molecule has 4 rings (SSSR count). The van der Waals surface area contributed by atoms with Gasteiger partial charge in [0.25, 0.3) is 0 Å². The van der Waals surface area contributed by atoms with Crippen molar-refractivity contribution >= 4 is 40.2 Å². The Bertz CT molecular complexity index is 1020. The standard InChI is InChI=1S/C24H22FIN2O2/c25-22-4-2-1-3-19(22)17-30-24-10-5-18(15-23(24)26)16-27-20-6-8-21(9-7-20)28-11-13-29-14-12-28/h1-10,15-16H,11-14,17H2. The molecule has 1 heterocycles. The van der Waals surface area contributed by atoms with Crippen LogP contribution >= 0.6 is 22.6 Å². The molecule has 154 valence electrons. The zero-order valence-electron chi connectivity index (χ0n) is 16.4. The maximum Gasteiger partial charge on any atom is 0.133 e. The minimum absolute atomic E-state index is 0.200. The minimum atomic E-state index is -0.254. The third-order valence-electron chi connectivity index (χ3n) is 4.89. The van der Waals surface area contributed by atoms with Gasteiger partial charge in [-0.15, -0.1) is 0 Å². The van der Waals surface area contributed by atoms with Gasteiger partial charge in [0, 0.05) is 30.6 Å². The van der Waals surface area contributed by atoms with Crippen molar-refractivity contribution in [3.63, 3.8) is 0 Å². The topological polar surface area (TPSA) is 34.1 Å². The predicted molar refractivity (Wildman–Crippen MR) is 127 cm³/mol. The number of rotatable bonds is 6. The van der Waals surface area contributed by atoms with Crippen molar-refractivity contribution in [3.05, 3.63) is 87.2 Å². The molecule has 1 aliphatic rings. The van der Waals surface area contributed by atoms with Gasteiger partial charge in [0.15, 0.2) is 0 Å². The lowest BCUT2D eigenvalue weighted by atomic mass is 10.2. The Morgan fingerprint density at radius 2 is 1.80 bits per heavy atom. The van der Waals surface area contributed by atoms with E-state index in [-0.39, 0.29) is 12.4 Å². The SMILES string of the molecule is Fc1ccccc1COc1ccc(C=Nc2ccc(N3CCOCC3)cc2)cc1I. The van der Waals surface area contributed by atoms with E-state index in [2.05, 4.69) is 44.6 Å². The van der Waals surface area contributed by atoms with Gasteiger partial charge in [-0.1, -0.05) is 18.2 Å². The van der Waals surface area contributed by atoms with Crippen LogP contribution < -0.4 is 9.64 Å². The van der Waals surface area contributed by atoms with Crippen LogP contribution in [0.5, 0.6) is 5.75 Å².